The van der Waals surface area contributed by atoms with Gasteiger partial charge in [-0.05, 0) is 20.8 Å². The summed E-state index contributed by atoms with van der Waals surface area (Å²) >= 11 is 0. The van der Waals surface area contributed by atoms with E-state index in [0.29, 0.717) is 5.92 Å². The van der Waals surface area contributed by atoms with Crippen molar-refractivity contribution >= 4 is 0 Å². The van der Waals surface area contributed by atoms with Gasteiger partial charge < -0.3 is 9.47 Å². The van der Waals surface area contributed by atoms with E-state index in [1.54, 1.807) is 0 Å². The van der Waals surface area contributed by atoms with Gasteiger partial charge in [0.05, 0.1) is 25.4 Å². The topological polar surface area (TPSA) is 18.5 Å². The molecule has 0 spiro atoms. The summed E-state index contributed by atoms with van der Waals surface area (Å²) in [6.07, 6.45) is 0. The van der Waals surface area contributed by atoms with Gasteiger partial charge in [-0.25, -0.2) is 0 Å². The van der Waals surface area contributed by atoms with Crippen LogP contribution in [0.1, 0.15) is 20.8 Å². The van der Waals surface area contributed by atoms with Crippen molar-refractivity contribution in [2.45, 2.75) is 26.4 Å². The minimum atomic E-state index is 0.00951. The fourth-order valence-electron chi connectivity index (χ4n) is 0.749. The van der Waals surface area contributed by atoms with E-state index in [4.69, 9.17) is 9.47 Å². The average Bonchev–Trinajstić information content (AvgIpc) is 1.56. The zero-order valence-electron chi connectivity index (χ0n) is 7.02. The normalized spacial score (nSPS) is 20.7. The van der Waals surface area contributed by atoms with Crippen LogP contribution in [0.15, 0.2) is 0 Å². The third kappa shape index (κ3) is 2.67. The van der Waals surface area contributed by atoms with E-state index in [1.165, 1.54) is 0 Å². The summed E-state index contributed by atoms with van der Waals surface area (Å²) in [5.74, 6) is 0.652. The van der Waals surface area contributed by atoms with Crippen LogP contribution in [0.4, 0.5) is 0 Å². The van der Waals surface area contributed by atoms with Gasteiger partial charge in [0.25, 0.3) is 0 Å². The van der Waals surface area contributed by atoms with Crippen molar-refractivity contribution < 1.29 is 9.47 Å². The molecule has 0 aromatic heterocycles. The standard InChI is InChI=1S/C8H16O2/c1-8(2,3)10-6-7-4-9-5-7/h7H,4-6H2,1-3H3. The minimum Gasteiger partial charge on any atom is -0.381 e. The minimum absolute atomic E-state index is 0.00951. The molecule has 1 rings (SSSR count). The Hall–Kier alpha value is -0.0800. The van der Waals surface area contributed by atoms with Gasteiger partial charge >= 0.3 is 0 Å². The van der Waals surface area contributed by atoms with Crippen LogP contribution in [0.2, 0.25) is 0 Å². The van der Waals surface area contributed by atoms with E-state index in [-0.39, 0.29) is 5.60 Å². The van der Waals surface area contributed by atoms with Crippen molar-refractivity contribution in [2.75, 3.05) is 19.8 Å². The molecule has 1 aliphatic rings. The highest BCUT2D eigenvalue weighted by Crippen LogP contribution is 2.14. The molecule has 1 fully saturated rings. The number of rotatable bonds is 2. The first kappa shape index (κ1) is 8.02. The maximum Gasteiger partial charge on any atom is 0.0598 e. The Morgan fingerprint density at radius 3 is 2.30 bits per heavy atom. The van der Waals surface area contributed by atoms with Crippen LogP contribution in [0.25, 0.3) is 0 Å². The molecule has 2 heteroatoms. The molecule has 1 aliphatic heterocycles. The van der Waals surface area contributed by atoms with Gasteiger partial charge in [0.15, 0.2) is 0 Å². The molecule has 0 aliphatic carbocycles. The highest BCUT2D eigenvalue weighted by Gasteiger charge is 2.21. The lowest BCUT2D eigenvalue weighted by Crippen LogP contribution is -2.34. The number of hydrogen-bond donors (Lipinski definition) is 0. The maximum atomic E-state index is 5.55. The lowest BCUT2D eigenvalue weighted by molar-refractivity contribution is -0.105. The fraction of sp³-hybridized carbons (Fsp3) is 1.00. The SMILES string of the molecule is CC(C)(C)OCC1COC1. The molecule has 0 aromatic carbocycles. The Bertz CT molecular complexity index is 100. The van der Waals surface area contributed by atoms with E-state index < -0.39 is 0 Å². The first-order chi connectivity index (χ1) is 4.58. The number of hydrogen-bond acceptors (Lipinski definition) is 2. The van der Waals surface area contributed by atoms with Gasteiger partial charge in [0.2, 0.25) is 0 Å². The summed E-state index contributed by atoms with van der Waals surface area (Å²) in [4.78, 5) is 0. The van der Waals surface area contributed by atoms with E-state index in [9.17, 15) is 0 Å². The van der Waals surface area contributed by atoms with Crippen LogP contribution in [-0.2, 0) is 9.47 Å². The average molecular weight is 144 g/mol. The second-order valence-corrected chi connectivity index (χ2v) is 3.83. The van der Waals surface area contributed by atoms with E-state index >= 15 is 0 Å². The van der Waals surface area contributed by atoms with Crippen molar-refractivity contribution in [1.82, 2.24) is 0 Å². The van der Waals surface area contributed by atoms with Gasteiger partial charge in [-0.3, -0.25) is 0 Å². The Morgan fingerprint density at radius 1 is 1.40 bits per heavy atom. The predicted molar refractivity (Wildman–Crippen MR) is 40.0 cm³/mol. The van der Waals surface area contributed by atoms with Gasteiger partial charge in [-0.15, -0.1) is 0 Å². The van der Waals surface area contributed by atoms with Crippen LogP contribution < -0.4 is 0 Å². The first-order valence-corrected chi connectivity index (χ1v) is 3.79. The van der Waals surface area contributed by atoms with Crippen molar-refractivity contribution in [3.8, 4) is 0 Å². The molecule has 0 radical (unpaired) electrons. The van der Waals surface area contributed by atoms with Crippen LogP contribution in [-0.4, -0.2) is 25.4 Å². The Balaban J connectivity index is 2.04. The predicted octanol–water partition coefficient (Wildman–Crippen LogP) is 1.45. The quantitative estimate of drug-likeness (QED) is 0.584. The molecule has 60 valence electrons. The van der Waals surface area contributed by atoms with Crippen LogP contribution in [0, 0.1) is 5.92 Å². The molecule has 2 nitrogen and oxygen atoms in total. The highest BCUT2D eigenvalue weighted by molar-refractivity contribution is 4.67. The zero-order valence-corrected chi connectivity index (χ0v) is 7.02. The van der Waals surface area contributed by atoms with Crippen LogP contribution in [0.3, 0.4) is 0 Å². The van der Waals surface area contributed by atoms with Crippen molar-refractivity contribution in [2.24, 2.45) is 5.92 Å². The molecule has 10 heavy (non-hydrogen) atoms. The van der Waals surface area contributed by atoms with Crippen molar-refractivity contribution in [3.05, 3.63) is 0 Å². The molecule has 0 N–H and O–H groups in total. The van der Waals surface area contributed by atoms with Crippen molar-refractivity contribution in [1.29, 1.82) is 0 Å². The summed E-state index contributed by atoms with van der Waals surface area (Å²) < 4.78 is 10.6. The molecule has 0 unspecified atom stereocenters. The van der Waals surface area contributed by atoms with Gasteiger partial charge in [0, 0.05) is 5.92 Å². The summed E-state index contributed by atoms with van der Waals surface area (Å²) in [6.45, 7) is 8.85. The van der Waals surface area contributed by atoms with Crippen LogP contribution >= 0.6 is 0 Å². The van der Waals surface area contributed by atoms with Gasteiger partial charge in [-0.1, -0.05) is 0 Å². The summed E-state index contributed by atoms with van der Waals surface area (Å²) in [5, 5.41) is 0. The summed E-state index contributed by atoms with van der Waals surface area (Å²) in [5.41, 5.74) is 0.00951. The number of ether oxygens (including phenoxy) is 2. The lowest BCUT2D eigenvalue weighted by atomic mass is 10.1. The molecule has 0 atom stereocenters. The smallest absolute Gasteiger partial charge is 0.0598 e. The van der Waals surface area contributed by atoms with Crippen molar-refractivity contribution in [3.63, 3.8) is 0 Å². The Labute approximate surface area is 62.5 Å². The van der Waals surface area contributed by atoms with E-state index in [0.717, 1.165) is 19.8 Å². The molecular weight excluding hydrogens is 128 g/mol. The molecule has 0 aromatic rings. The first-order valence-electron chi connectivity index (χ1n) is 3.79. The van der Waals surface area contributed by atoms with Gasteiger partial charge in [0.1, 0.15) is 0 Å². The highest BCUT2D eigenvalue weighted by atomic mass is 16.5. The summed E-state index contributed by atoms with van der Waals surface area (Å²) in [7, 11) is 0. The molecular formula is C8H16O2. The zero-order chi connectivity index (χ0) is 7.61. The largest absolute Gasteiger partial charge is 0.381 e. The Morgan fingerprint density at radius 2 is 2.00 bits per heavy atom. The lowest BCUT2D eigenvalue weighted by Gasteiger charge is -2.29. The van der Waals surface area contributed by atoms with E-state index in [1.807, 2.05) is 0 Å². The third-order valence-corrected chi connectivity index (χ3v) is 1.46. The summed E-state index contributed by atoms with van der Waals surface area (Å²) in [6, 6.07) is 0. The molecule has 0 amide bonds. The molecule has 1 saturated heterocycles. The van der Waals surface area contributed by atoms with E-state index in [2.05, 4.69) is 20.8 Å². The molecule has 1 heterocycles. The molecule has 0 bridgehead atoms. The fourth-order valence-corrected chi connectivity index (χ4v) is 0.749. The second kappa shape index (κ2) is 2.89. The maximum absolute atomic E-state index is 5.55. The third-order valence-electron chi connectivity index (χ3n) is 1.46. The second-order valence-electron chi connectivity index (χ2n) is 3.83. The Kier molecular flexibility index (Phi) is 2.32. The monoisotopic (exact) mass is 144 g/mol. The molecule has 0 saturated carbocycles. The van der Waals surface area contributed by atoms with Crippen LogP contribution in [0.5, 0.6) is 0 Å². The van der Waals surface area contributed by atoms with Gasteiger partial charge in [-0.2, -0.15) is 0 Å².